The van der Waals surface area contributed by atoms with Gasteiger partial charge in [-0.3, -0.25) is 10.1 Å². The van der Waals surface area contributed by atoms with E-state index in [4.69, 9.17) is 4.74 Å². The lowest BCUT2D eigenvalue weighted by atomic mass is 10.2. The molecule has 0 spiro atoms. The smallest absolute Gasteiger partial charge is 0.312 e. The quantitative estimate of drug-likeness (QED) is 0.612. The number of hydrogen-bond acceptors (Lipinski definition) is 6. The number of nitrogens with zero attached hydrogens (tertiary/aromatic N) is 1. The van der Waals surface area contributed by atoms with Gasteiger partial charge in [-0.1, -0.05) is 0 Å². The van der Waals surface area contributed by atoms with Crippen LogP contribution < -0.4 is 4.72 Å². The van der Waals surface area contributed by atoms with Crippen molar-refractivity contribution in [3.8, 4) is 5.75 Å². The maximum Gasteiger partial charge on any atom is 0.312 e. The molecule has 0 bridgehead atoms. The summed E-state index contributed by atoms with van der Waals surface area (Å²) in [7, 11) is -3.87. The van der Waals surface area contributed by atoms with Crippen molar-refractivity contribution in [2.24, 2.45) is 0 Å². The zero-order chi connectivity index (χ0) is 14.8. The summed E-state index contributed by atoms with van der Waals surface area (Å²) in [5.74, 6) is -0.576. The number of hydrogen-bond donors (Lipinski definition) is 2. The fourth-order valence-electron chi connectivity index (χ4n) is 1.91. The van der Waals surface area contributed by atoms with Crippen LogP contribution in [0.1, 0.15) is 12.8 Å². The highest BCUT2D eigenvalue weighted by molar-refractivity contribution is 7.89. The molecule has 0 radical (unpaired) electrons. The zero-order valence-corrected chi connectivity index (χ0v) is 11.3. The fourth-order valence-corrected chi connectivity index (χ4v) is 2.99. The minimum atomic E-state index is -3.87. The van der Waals surface area contributed by atoms with Gasteiger partial charge in [0, 0.05) is 19.2 Å². The Balaban J connectivity index is 2.16. The molecule has 1 atom stereocenters. The number of rotatable bonds is 5. The van der Waals surface area contributed by atoms with E-state index in [1.54, 1.807) is 0 Å². The normalized spacial score (nSPS) is 19.1. The molecule has 0 aromatic heterocycles. The molecule has 1 aromatic rings. The van der Waals surface area contributed by atoms with Crippen molar-refractivity contribution in [3.63, 3.8) is 0 Å². The van der Waals surface area contributed by atoms with Crippen molar-refractivity contribution in [2.75, 3.05) is 13.2 Å². The highest BCUT2D eigenvalue weighted by atomic mass is 32.2. The largest absolute Gasteiger partial charge is 0.502 e. The lowest BCUT2D eigenvalue weighted by Crippen LogP contribution is -2.31. The summed E-state index contributed by atoms with van der Waals surface area (Å²) in [6.45, 7) is 0.730. The van der Waals surface area contributed by atoms with Gasteiger partial charge in [0.15, 0.2) is 5.75 Å². The van der Waals surface area contributed by atoms with Crippen molar-refractivity contribution in [3.05, 3.63) is 28.3 Å². The summed E-state index contributed by atoms with van der Waals surface area (Å²) in [5.41, 5.74) is -0.648. The third-order valence-corrected chi connectivity index (χ3v) is 4.40. The monoisotopic (exact) mass is 302 g/mol. The molecular weight excluding hydrogens is 288 g/mol. The van der Waals surface area contributed by atoms with E-state index in [-0.39, 0.29) is 17.5 Å². The lowest BCUT2D eigenvalue weighted by Gasteiger charge is -2.11. The van der Waals surface area contributed by atoms with E-state index in [2.05, 4.69) is 4.72 Å². The number of benzene rings is 1. The van der Waals surface area contributed by atoms with Gasteiger partial charge in [-0.25, -0.2) is 13.1 Å². The van der Waals surface area contributed by atoms with Gasteiger partial charge in [0.05, 0.1) is 15.9 Å². The first-order chi connectivity index (χ1) is 9.40. The molecule has 0 amide bonds. The van der Waals surface area contributed by atoms with Crippen molar-refractivity contribution in [1.82, 2.24) is 4.72 Å². The molecule has 1 fully saturated rings. The molecule has 1 saturated heterocycles. The number of nitro groups is 1. The van der Waals surface area contributed by atoms with Gasteiger partial charge in [0.1, 0.15) is 0 Å². The average molecular weight is 302 g/mol. The number of sulfonamides is 1. The van der Waals surface area contributed by atoms with Crippen molar-refractivity contribution in [1.29, 1.82) is 0 Å². The highest BCUT2D eigenvalue weighted by Crippen LogP contribution is 2.28. The second kappa shape index (κ2) is 5.73. The SMILES string of the molecule is O=[N+]([O-])c1cc(S(=O)(=O)NCC2CCCO2)ccc1O. The Kier molecular flexibility index (Phi) is 4.21. The van der Waals surface area contributed by atoms with Crippen LogP contribution in [-0.4, -0.2) is 37.7 Å². The van der Waals surface area contributed by atoms with Crippen LogP contribution in [0.4, 0.5) is 5.69 Å². The van der Waals surface area contributed by atoms with Crippen LogP contribution in [-0.2, 0) is 14.8 Å². The van der Waals surface area contributed by atoms with Crippen molar-refractivity contribution in [2.45, 2.75) is 23.8 Å². The number of phenols is 1. The molecular formula is C11H14N2O6S. The molecule has 9 heteroatoms. The van der Waals surface area contributed by atoms with E-state index in [9.17, 15) is 23.6 Å². The van der Waals surface area contributed by atoms with Gasteiger partial charge in [-0.05, 0) is 25.0 Å². The number of phenolic OH excluding ortho intramolecular Hbond substituents is 1. The molecule has 8 nitrogen and oxygen atoms in total. The van der Waals surface area contributed by atoms with Crippen LogP contribution >= 0.6 is 0 Å². The number of ether oxygens (including phenoxy) is 1. The van der Waals surface area contributed by atoms with E-state index in [1.165, 1.54) is 0 Å². The summed E-state index contributed by atoms with van der Waals surface area (Å²) >= 11 is 0. The van der Waals surface area contributed by atoms with E-state index in [0.29, 0.717) is 6.61 Å². The minimum Gasteiger partial charge on any atom is -0.502 e. The van der Waals surface area contributed by atoms with Crippen LogP contribution in [0.2, 0.25) is 0 Å². The molecule has 1 heterocycles. The molecule has 1 unspecified atom stereocenters. The number of nitro benzene ring substituents is 1. The third-order valence-electron chi connectivity index (χ3n) is 2.98. The third kappa shape index (κ3) is 3.24. The lowest BCUT2D eigenvalue weighted by molar-refractivity contribution is -0.386. The minimum absolute atomic E-state index is 0.122. The molecule has 2 rings (SSSR count). The molecule has 0 aliphatic carbocycles. The second-order valence-electron chi connectivity index (χ2n) is 4.39. The standard InChI is InChI=1S/C11H14N2O6S/c14-11-4-3-9(6-10(11)13(15)16)20(17,18)12-7-8-2-1-5-19-8/h3-4,6,8,12,14H,1-2,5,7H2. The molecule has 1 aromatic carbocycles. The first-order valence-corrected chi connectivity index (χ1v) is 7.47. The molecule has 2 N–H and O–H groups in total. The fraction of sp³-hybridized carbons (Fsp3) is 0.455. The van der Waals surface area contributed by atoms with Crippen LogP contribution in [0.3, 0.4) is 0 Å². The van der Waals surface area contributed by atoms with Gasteiger partial charge < -0.3 is 9.84 Å². The van der Waals surface area contributed by atoms with Crippen LogP contribution in [0.5, 0.6) is 5.75 Å². The Morgan fingerprint density at radius 2 is 2.25 bits per heavy atom. The molecule has 110 valence electrons. The maximum absolute atomic E-state index is 12.0. The Morgan fingerprint density at radius 1 is 1.50 bits per heavy atom. The summed E-state index contributed by atoms with van der Waals surface area (Å²) in [5, 5.41) is 20.0. The number of aromatic hydroxyl groups is 1. The van der Waals surface area contributed by atoms with E-state index >= 15 is 0 Å². The van der Waals surface area contributed by atoms with Gasteiger partial charge >= 0.3 is 5.69 Å². The number of nitrogens with one attached hydrogen (secondary N) is 1. The Morgan fingerprint density at radius 3 is 2.85 bits per heavy atom. The van der Waals surface area contributed by atoms with Crippen LogP contribution in [0, 0.1) is 10.1 Å². The topological polar surface area (TPSA) is 119 Å². The van der Waals surface area contributed by atoms with Gasteiger partial charge in [-0.15, -0.1) is 0 Å². The summed E-state index contributed by atoms with van der Waals surface area (Å²) < 4.78 is 31.6. The van der Waals surface area contributed by atoms with Crippen LogP contribution in [0.25, 0.3) is 0 Å². The molecule has 0 saturated carbocycles. The van der Waals surface area contributed by atoms with Crippen molar-refractivity contribution < 1.29 is 23.2 Å². The summed E-state index contributed by atoms with van der Waals surface area (Å²) in [4.78, 5) is 9.58. The summed E-state index contributed by atoms with van der Waals surface area (Å²) in [6, 6.07) is 2.92. The molecule has 1 aliphatic heterocycles. The summed E-state index contributed by atoms with van der Waals surface area (Å²) in [6.07, 6.45) is 1.49. The van der Waals surface area contributed by atoms with E-state index in [0.717, 1.165) is 31.0 Å². The molecule has 20 heavy (non-hydrogen) atoms. The predicted molar refractivity (Wildman–Crippen MR) is 68.9 cm³/mol. The van der Waals surface area contributed by atoms with E-state index in [1.807, 2.05) is 0 Å². The van der Waals surface area contributed by atoms with Gasteiger partial charge in [-0.2, -0.15) is 0 Å². The Bertz CT molecular complexity index is 609. The van der Waals surface area contributed by atoms with E-state index < -0.39 is 26.4 Å². The second-order valence-corrected chi connectivity index (χ2v) is 6.16. The highest BCUT2D eigenvalue weighted by Gasteiger charge is 2.23. The first-order valence-electron chi connectivity index (χ1n) is 5.99. The van der Waals surface area contributed by atoms with Crippen molar-refractivity contribution >= 4 is 15.7 Å². The van der Waals surface area contributed by atoms with Crippen LogP contribution in [0.15, 0.2) is 23.1 Å². The Labute approximate surface area is 115 Å². The Hall–Kier alpha value is -1.71. The van der Waals surface area contributed by atoms with Gasteiger partial charge in [0.2, 0.25) is 10.0 Å². The zero-order valence-electron chi connectivity index (χ0n) is 10.5. The van der Waals surface area contributed by atoms with Gasteiger partial charge in [0.25, 0.3) is 0 Å². The maximum atomic E-state index is 12.0. The average Bonchev–Trinajstić information content (AvgIpc) is 2.89. The first kappa shape index (κ1) is 14.7. The predicted octanol–water partition coefficient (Wildman–Crippen LogP) is 0.758. The molecule has 1 aliphatic rings.